The molecule has 0 fully saturated rings. The van der Waals surface area contributed by atoms with Gasteiger partial charge < -0.3 is 4.74 Å². The van der Waals surface area contributed by atoms with Gasteiger partial charge in [-0.1, -0.05) is 18.7 Å². The Labute approximate surface area is 82.0 Å². The van der Waals surface area contributed by atoms with Crippen molar-refractivity contribution < 1.29 is 13.9 Å². The Bertz CT molecular complexity index is 306. The summed E-state index contributed by atoms with van der Waals surface area (Å²) in [6, 6.07) is 6.46. The van der Waals surface area contributed by atoms with Gasteiger partial charge >= 0.3 is 5.97 Å². The Kier molecular flexibility index (Phi) is 3.40. The van der Waals surface area contributed by atoms with Gasteiger partial charge in [0.1, 0.15) is 6.67 Å². The van der Waals surface area contributed by atoms with E-state index in [1.807, 2.05) is 0 Å². The van der Waals surface area contributed by atoms with E-state index in [9.17, 15) is 9.18 Å². The molecule has 0 saturated carbocycles. The zero-order chi connectivity index (χ0) is 10.6. The summed E-state index contributed by atoms with van der Waals surface area (Å²) in [4.78, 5) is 11.0. The number of hydrogen-bond acceptors (Lipinski definition) is 2. The molecular formula is C11H11FO2. The third kappa shape index (κ3) is 2.19. The molecule has 0 aliphatic heterocycles. The smallest absolute Gasteiger partial charge is 0.337 e. The van der Waals surface area contributed by atoms with Crippen molar-refractivity contribution in [2.45, 2.75) is 0 Å². The predicted octanol–water partition coefficient (Wildman–Crippen LogP) is 2.46. The van der Waals surface area contributed by atoms with E-state index in [1.165, 1.54) is 7.11 Å². The van der Waals surface area contributed by atoms with Crippen LogP contribution in [-0.4, -0.2) is 19.8 Å². The number of hydrogen-bond donors (Lipinski definition) is 0. The van der Waals surface area contributed by atoms with Gasteiger partial charge in [-0.3, -0.25) is 0 Å². The summed E-state index contributed by atoms with van der Waals surface area (Å²) in [7, 11) is 1.32. The molecule has 1 aromatic rings. The highest BCUT2D eigenvalue weighted by atomic mass is 19.1. The minimum atomic E-state index is -0.586. The van der Waals surface area contributed by atoms with E-state index in [-0.39, 0.29) is 0 Å². The van der Waals surface area contributed by atoms with Crippen LogP contribution in [0.4, 0.5) is 4.39 Å². The SMILES string of the molecule is C=C(CF)c1ccc(C(=O)OC)cc1. The van der Waals surface area contributed by atoms with Crippen molar-refractivity contribution in [1.29, 1.82) is 0 Å². The maximum atomic E-state index is 12.2. The molecule has 0 aliphatic carbocycles. The van der Waals surface area contributed by atoms with Crippen LogP contribution in [0.15, 0.2) is 30.8 Å². The highest BCUT2D eigenvalue weighted by Crippen LogP contribution is 2.14. The molecule has 0 unspecified atom stereocenters. The van der Waals surface area contributed by atoms with Crippen LogP contribution in [0.25, 0.3) is 5.57 Å². The summed E-state index contributed by atoms with van der Waals surface area (Å²) < 4.78 is 16.7. The number of esters is 1. The van der Waals surface area contributed by atoms with E-state index in [4.69, 9.17) is 0 Å². The van der Waals surface area contributed by atoms with Crippen LogP contribution >= 0.6 is 0 Å². The molecule has 0 radical (unpaired) electrons. The monoisotopic (exact) mass is 194 g/mol. The van der Waals surface area contributed by atoms with Gasteiger partial charge in [0, 0.05) is 0 Å². The summed E-state index contributed by atoms with van der Waals surface area (Å²) in [6.45, 7) is 2.96. The van der Waals surface area contributed by atoms with Crippen molar-refractivity contribution >= 4 is 11.5 Å². The van der Waals surface area contributed by atoms with Crippen molar-refractivity contribution in [2.75, 3.05) is 13.8 Å². The Morgan fingerprint density at radius 1 is 1.36 bits per heavy atom. The van der Waals surface area contributed by atoms with Crippen LogP contribution in [0.3, 0.4) is 0 Å². The summed E-state index contributed by atoms with van der Waals surface area (Å²) in [5, 5.41) is 0. The van der Waals surface area contributed by atoms with Crippen LogP contribution in [0.5, 0.6) is 0 Å². The van der Waals surface area contributed by atoms with Crippen LogP contribution in [-0.2, 0) is 4.74 Å². The molecule has 0 spiro atoms. The topological polar surface area (TPSA) is 26.3 Å². The molecule has 74 valence electrons. The summed E-state index contributed by atoms with van der Waals surface area (Å²) in [5.74, 6) is -0.401. The fraction of sp³-hybridized carbons (Fsp3) is 0.182. The van der Waals surface area contributed by atoms with Crippen LogP contribution in [0, 0.1) is 0 Å². The molecule has 0 bridgehead atoms. The number of carbonyl (C=O) groups is 1. The number of rotatable bonds is 3. The van der Waals surface area contributed by atoms with Gasteiger partial charge in [0.15, 0.2) is 0 Å². The minimum absolute atomic E-state index is 0.401. The molecule has 1 aromatic carbocycles. The molecule has 0 saturated heterocycles. The molecule has 0 atom stereocenters. The first-order valence-electron chi connectivity index (χ1n) is 4.11. The Hall–Kier alpha value is -1.64. The molecule has 0 N–H and O–H groups in total. The predicted molar refractivity (Wildman–Crippen MR) is 52.8 cm³/mol. The summed E-state index contributed by atoms with van der Waals surface area (Å²) in [6.07, 6.45) is 0. The Morgan fingerprint density at radius 3 is 2.29 bits per heavy atom. The molecule has 0 amide bonds. The van der Waals surface area contributed by atoms with E-state index in [1.54, 1.807) is 24.3 Å². The standard InChI is InChI=1S/C11H11FO2/c1-8(7-12)9-3-5-10(6-4-9)11(13)14-2/h3-6H,1,7H2,2H3. The zero-order valence-corrected chi connectivity index (χ0v) is 7.92. The molecule has 2 nitrogen and oxygen atoms in total. The highest BCUT2D eigenvalue weighted by molar-refractivity contribution is 5.89. The van der Waals surface area contributed by atoms with Crippen molar-refractivity contribution in [2.24, 2.45) is 0 Å². The van der Waals surface area contributed by atoms with Crippen molar-refractivity contribution in [3.05, 3.63) is 42.0 Å². The average molecular weight is 194 g/mol. The highest BCUT2D eigenvalue weighted by Gasteiger charge is 2.05. The van der Waals surface area contributed by atoms with E-state index < -0.39 is 12.6 Å². The maximum Gasteiger partial charge on any atom is 0.337 e. The molecule has 0 aliphatic rings. The van der Waals surface area contributed by atoms with E-state index in [2.05, 4.69) is 11.3 Å². The number of allylic oxidation sites excluding steroid dienone is 1. The number of alkyl halides is 1. The number of ether oxygens (including phenoxy) is 1. The maximum absolute atomic E-state index is 12.2. The lowest BCUT2D eigenvalue weighted by Gasteiger charge is -2.02. The second-order valence-corrected chi connectivity index (χ2v) is 2.81. The summed E-state index contributed by atoms with van der Waals surface area (Å²) in [5.41, 5.74) is 1.55. The second kappa shape index (κ2) is 4.56. The fourth-order valence-corrected chi connectivity index (χ4v) is 1.04. The lowest BCUT2D eigenvalue weighted by atomic mass is 10.1. The normalized spacial score (nSPS) is 9.57. The van der Waals surface area contributed by atoms with Gasteiger partial charge in [0.25, 0.3) is 0 Å². The average Bonchev–Trinajstić information content (AvgIpc) is 2.27. The van der Waals surface area contributed by atoms with E-state index in [0.717, 1.165) is 0 Å². The van der Waals surface area contributed by atoms with Crippen LogP contribution in [0.2, 0.25) is 0 Å². The van der Waals surface area contributed by atoms with Crippen LogP contribution in [0.1, 0.15) is 15.9 Å². The van der Waals surface area contributed by atoms with Crippen molar-refractivity contribution in [3.8, 4) is 0 Å². The third-order valence-electron chi connectivity index (χ3n) is 1.88. The van der Waals surface area contributed by atoms with Crippen LogP contribution < -0.4 is 0 Å². The molecule has 14 heavy (non-hydrogen) atoms. The number of carbonyl (C=O) groups excluding carboxylic acids is 1. The lowest BCUT2D eigenvalue weighted by molar-refractivity contribution is 0.0601. The van der Waals surface area contributed by atoms with E-state index in [0.29, 0.717) is 16.7 Å². The zero-order valence-electron chi connectivity index (χ0n) is 7.92. The summed E-state index contributed by atoms with van der Waals surface area (Å²) >= 11 is 0. The minimum Gasteiger partial charge on any atom is -0.465 e. The third-order valence-corrected chi connectivity index (χ3v) is 1.88. The lowest BCUT2D eigenvalue weighted by Crippen LogP contribution is -2.00. The van der Waals surface area contributed by atoms with Crippen molar-refractivity contribution in [1.82, 2.24) is 0 Å². The number of methoxy groups -OCH3 is 1. The fourth-order valence-electron chi connectivity index (χ4n) is 1.04. The Morgan fingerprint density at radius 2 is 1.86 bits per heavy atom. The second-order valence-electron chi connectivity index (χ2n) is 2.81. The number of halogens is 1. The first-order valence-corrected chi connectivity index (χ1v) is 4.11. The van der Waals surface area contributed by atoms with E-state index >= 15 is 0 Å². The quantitative estimate of drug-likeness (QED) is 0.691. The largest absolute Gasteiger partial charge is 0.465 e. The van der Waals surface area contributed by atoms with Gasteiger partial charge in [-0.2, -0.15) is 0 Å². The molecule has 1 rings (SSSR count). The Balaban J connectivity index is 2.89. The van der Waals surface area contributed by atoms with Gasteiger partial charge in [0.2, 0.25) is 0 Å². The van der Waals surface area contributed by atoms with Crippen molar-refractivity contribution in [3.63, 3.8) is 0 Å². The van der Waals surface area contributed by atoms with Gasteiger partial charge in [0.05, 0.1) is 12.7 Å². The first-order chi connectivity index (χ1) is 6.69. The van der Waals surface area contributed by atoms with Gasteiger partial charge in [-0.05, 0) is 23.3 Å². The molecular weight excluding hydrogens is 183 g/mol. The number of benzene rings is 1. The van der Waals surface area contributed by atoms with Gasteiger partial charge in [-0.15, -0.1) is 0 Å². The molecule has 0 heterocycles. The molecule has 0 aromatic heterocycles. The first kappa shape index (κ1) is 10.4. The van der Waals surface area contributed by atoms with Gasteiger partial charge in [-0.25, -0.2) is 9.18 Å². The molecule has 3 heteroatoms.